The van der Waals surface area contributed by atoms with Crippen molar-refractivity contribution in [1.29, 1.82) is 0 Å². The number of aliphatic hydroxyl groups excluding tert-OH is 1. The van der Waals surface area contributed by atoms with Crippen LogP contribution in [0, 0.1) is 19.7 Å². The molecule has 1 aliphatic heterocycles. The molecule has 1 fully saturated rings. The van der Waals surface area contributed by atoms with E-state index in [0.29, 0.717) is 24.9 Å². The average molecular weight is 356 g/mol. The SMILES string of the molecule is Cc1cccc(C)c1N1CCN(CC(O)CCc2ccccc2F)CC1. The van der Waals surface area contributed by atoms with E-state index in [9.17, 15) is 9.50 Å². The Labute approximate surface area is 156 Å². The Morgan fingerprint density at radius 1 is 0.962 bits per heavy atom. The molecule has 0 aromatic heterocycles. The van der Waals surface area contributed by atoms with Crippen LogP contribution in [0.25, 0.3) is 0 Å². The van der Waals surface area contributed by atoms with Gasteiger partial charge in [-0.3, -0.25) is 4.90 Å². The second kappa shape index (κ2) is 8.65. The molecular weight excluding hydrogens is 327 g/mol. The summed E-state index contributed by atoms with van der Waals surface area (Å²) in [7, 11) is 0. The minimum Gasteiger partial charge on any atom is -0.392 e. The van der Waals surface area contributed by atoms with Crippen molar-refractivity contribution in [2.24, 2.45) is 0 Å². The van der Waals surface area contributed by atoms with Gasteiger partial charge in [-0.1, -0.05) is 36.4 Å². The van der Waals surface area contributed by atoms with Gasteiger partial charge < -0.3 is 10.0 Å². The van der Waals surface area contributed by atoms with E-state index >= 15 is 0 Å². The van der Waals surface area contributed by atoms with Gasteiger partial charge in [-0.15, -0.1) is 0 Å². The van der Waals surface area contributed by atoms with Crippen LogP contribution in [0.2, 0.25) is 0 Å². The fraction of sp³-hybridized carbons (Fsp3) is 0.455. The Hall–Kier alpha value is -1.91. The van der Waals surface area contributed by atoms with Gasteiger partial charge in [0.05, 0.1) is 6.10 Å². The first-order chi connectivity index (χ1) is 12.5. The van der Waals surface area contributed by atoms with E-state index in [0.717, 1.165) is 26.2 Å². The lowest BCUT2D eigenvalue weighted by Crippen LogP contribution is -2.49. The van der Waals surface area contributed by atoms with Gasteiger partial charge in [-0.2, -0.15) is 0 Å². The third-order valence-electron chi connectivity index (χ3n) is 5.30. The van der Waals surface area contributed by atoms with Crippen molar-refractivity contribution < 1.29 is 9.50 Å². The molecule has 3 rings (SSSR count). The molecule has 0 saturated carbocycles. The number of rotatable bonds is 6. The summed E-state index contributed by atoms with van der Waals surface area (Å²) in [5.74, 6) is -0.179. The number of piperazine rings is 1. The normalized spacial score (nSPS) is 16.7. The lowest BCUT2D eigenvalue weighted by atomic mass is 10.1. The van der Waals surface area contributed by atoms with Crippen molar-refractivity contribution in [2.75, 3.05) is 37.6 Å². The molecule has 1 N–H and O–H groups in total. The highest BCUT2D eigenvalue weighted by Crippen LogP contribution is 2.25. The molecule has 0 bridgehead atoms. The quantitative estimate of drug-likeness (QED) is 0.857. The first-order valence-corrected chi connectivity index (χ1v) is 9.49. The van der Waals surface area contributed by atoms with Crippen molar-refractivity contribution in [3.8, 4) is 0 Å². The number of anilines is 1. The molecule has 2 aromatic rings. The zero-order valence-corrected chi connectivity index (χ0v) is 15.8. The maximum Gasteiger partial charge on any atom is 0.126 e. The summed E-state index contributed by atoms with van der Waals surface area (Å²) in [6.07, 6.45) is 0.759. The molecule has 3 nitrogen and oxygen atoms in total. The topological polar surface area (TPSA) is 26.7 Å². The number of para-hydroxylation sites is 1. The fourth-order valence-electron chi connectivity index (χ4n) is 3.87. The van der Waals surface area contributed by atoms with Gasteiger partial charge in [0.25, 0.3) is 0 Å². The minimum absolute atomic E-state index is 0.179. The standard InChI is InChI=1S/C22H29FN2O/c1-17-6-5-7-18(2)22(17)25-14-12-24(13-15-25)16-20(26)11-10-19-8-3-4-9-21(19)23/h3-9,20,26H,10-16H2,1-2H3. The zero-order chi connectivity index (χ0) is 18.5. The van der Waals surface area contributed by atoms with Crippen LogP contribution in [0.4, 0.5) is 10.1 Å². The summed E-state index contributed by atoms with van der Waals surface area (Å²) in [6.45, 7) is 8.85. The molecule has 1 saturated heterocycles. The van der Waals surface area contributed by atoms with Gasteiger partial charge in [-0.25, -0.2) is 4.39 Å². The molecule has 1 unspecified atom stereocenters. The monoisotopic (exact) mass is 356 g/mol. The van der Waals surface area contributed by atoms with Crippen LogP contribution in [0.15, 0.2) is 42.5 Å². The predicted octanol–water partition coefficient (Wildman–Crippen LogP) is 3.56. The summed E-state index contributed by atoms with van der Waals surface area (Å²) < 4.78 is 13.7. The Morgan fingerprint density at radius 3 is 2.27 bits per heavy atom. The first-order valence-electron chi connectivity index (χ1n) is 9.49. The Morgan fingerprint density at radius 2 is 1.62 bits per heavy atom. The molecule has 140 valence electrons. The number of hydrogen-bond acceptors (Lipinski definition) is 3. The maximum absolute atomic E-state index is 13.7. The fourth-order valence-corrected chi connectivity index (χ4v) is 3.87. The van der Waals surface area contributed by atoms with Crippen LogP contribution in [0.1, 0.15) is 23.1 Å². The number of aliphatic hydroxyl groups is 1. The Kier molecular flexibility index (Phi) is 6.28. The summed E-state index contributed by atoms with van der Waals surface area (Å²) in [5.41, 5.74) is 4.69. The number of halogens is 1. The molecule has 0 aliphatic carbocycles. The van der Waals surface area contributed by atoms with Crippen molar-refractivity contribution in [3.05, 3.63) is 65.0 Å². The van der Waals surface area contributed by atoms with E-state index in [4.69, 9.17) is 0 Å². The minimum atomic E-state index is -0.415. The van der Waals surface area contributed by atoms with Crippen molar-refractivity contribution in [2.45, 2.75) is 32.8 Å². The summed E-state index contributed by atoms with van der Waals surface area (Å²) in [5, 5.41) is 10.3. The number of hydrogen-bond donors (Lipinski definition) is 1. The largest absolute Gasteiger partial charge is 0.392 e. The van der Waals surface area contributed by atoms with Crippen LogP contribution in [0.3, 0.4) is 0 Å². The van der Waals surface area contributed by atoms with E-state index < -0.39 is 6.10 Å². The van der Waals surface area contributed by atoms with Crippen LogP contribution in [-0.4, -0.2) is 48.8 Å². The zero-order valence-electron chi connectivity index (χ0n) is 15.8. The number of aryl methyl sites for hydroxylation is 3. The van der Waals surface area contributed by atoms with Crippen molar-refractivity contribution in [3.63, 3.8) is 0 Å². The van der Waals surface area contributed by atoms with E-state index in [1.165, 1.54) is 22.9 Å². The van der Waals surface area contributed by atoms with Gasteiger partial charge in [0.15, 0.2) is 0 Å². The van der Waals surface area contributed by atoms with Crippen LogP contribution >= 0.6 is 0 Å². The maximum atomic E-state index is 13.7. The third-order valence-corrected chi connectivity index (χ3v) is 5.30. The van der Waals surface area contributed by atoms with Crippen molar-refractivity contribution in [1.82, 2.24) is 4.90 Å². The molecule has 4 heteroatoms. The number of nitrogens with zero attached hydrogens (tertiary/aromatic N) is 2. The third kappa shape index (κ3) is 4.63. The molecular formula is C22H29FN2O. The Bertz CT molecular complexity index is 706. The molecule has 2 aromatic carbocycles. The van der Waals surface area contributed by atoms with E-state index in [1.54, 1.807) is 12.1 Å². The highest BCUT2D eigenvalue weighted by molar-refractivity contribution is 5.59. The second-order valence-electron chi connectivity index (χ2n) is 7.31. The summed E-state index contributed by atoms with van der Waals surface area (Å²) >= 11 is 0. The predicted molar refractivity (Wildman–Crippen MR) is 105 cm³/mol. The van der Waals surface area contributed by atoms with Gasteiger partial charge in [-0.05, 0) is 49.4 Å². The van der Waals surface area contributed by atoms with Gasteiger partial charge in [0, 0.05) is 38.4 Å². The number of benzene rings is 2. The van der Waals surface area contributed by atoms with Crippen molar-refractivity contribution >= 4 is 5.69 Å². The molecule has 1 aliphatic rings. The molecule has 1 heterocycles. The molecule has 0 amide bonds. The van der Waals surface area contributed by atoms with E-state index in [2.05, 4.69) is 41.8 Å². The van der Waals surface area contributed by atoms with E-state index in [-0.39, 0.29) is 5.82 Å². The van der Waals surface area contributed by atoms with Crippen LogP contribution in [0.5, 0.6) is 0 Å². The number of β-amino-alcohol motifs (C(OH)–C–C–N with tert-alkyl or cyclic N) is 1. The molecule has 0 spiro atoms. The smallest absolute Gasteiger partial charge is 0.126 e. The van der Waals surface area contributed by atoms with E-state index in [1.807, 2.05) is 6.07 Å². The summed E-state index contributed by atoms with van der Waals surface area (Å²) in [4.78, 5) is 4.77. The average Bonchev–Trinajstić information content (AvgIpc) is 2.62. The van der Waals surface area contributed by atoms with Gasteiger partial charge in [0.1, 0.15) is 5.82 Å². The van der Waals surface area contributed by atoms with Gasteiger partial charge in [0.2, 0.25) is 0 Å². The lowest BCUT2D eigenvalue weighted by molar-refractivity contribution is 0.102. The lowest BCUT2D eigenvalue weighted by Gasteiger charge is -2.38. The Balaban J connectivity index is 1.47. The second-order valence-corrected chi connectivity index (χ2v) is 7.31. The summed E-state index contributed by atoms with van der Waals surface area (Å²) in [6, 6.07) is 13.3. The molecule has 0 radical (unpaired) electrons. The molecule has 26 heavy (non-hydrogen) atoms. The molecule has 1 atom stereocenters. The van der Waals surface area contributed by atoms with Crippen LogP contribution in [-0.2, 0) is 6.42 Å². The first kappa shape index (κ1) is 18.9. The highest BCUT2D eigenvalue weighted by Gasteiger charge is 2.21. The highest BCUT2D eigenvalue weighted by atomic mass is 19.1. The van der Waals surface area contributed by atoms with Crippen LogP contribution < -0.4 is 4.90 Å². The van der Waals surface area contributed by atoms with Gasteiger partial charge >= 0.3 is 0 Å².